The summed E-state index contributed by atoms with van der Waals surface area (Å²) in [5.74, 6) is 1.44. The molecule has 0 spiro atoms. The van der Waals surface area contributed by atoms with E-state index in [1.165, 1.54) is 0 Å². The third kappa shape index (κ3) is 4.13. The highest BCUT2D eigenvalue weighted by molar-refractivity contribution is 5.97. The number of carbonyl (C=O) groups excluding carboxylic acids is 2. The van der Waals surface area contributed by atoms with Gasteiger partial charge < -0.3 is 9.47 Å². The van der Waals surface area contributed by atoms with E-state index >= 15 is 0 Å². The first kappa shape index (κ1) is 17.3. The van der Waals surface area contributed by atoms with E-state index in [4.69, 9.17) is 0 Å². The Morgan fingerprint density at radius 3 is 2.40 bits per heavy atom. The van der Waals surface area contributed by atoms with Crippen LogP contribution in [-0.2, 0) is 11.8 Å². The Hall–Kier alpha value is -2.50. The smallest absolute Gasteiger partial charge is 0.223 e. The van der Waals surface area contributed by atoms with Gasteiger partial charge in [-0.25, -0.2) is 0 Å². The number of piperidine rings is 1. The number of carbonyl (C=O) groups is 2. The summed E-state index contributed by atoms with van der Waals surface area (Å²) in [6.07, 6.45) is 4.05. The normalized spacial score (nSPS) is 15.4. The predicted molar refractivity (Wildman–Crippen MR) is 94.3 cm³/mol. The predicted octanol–water partition coefficient (Wildman–Crippen LogP) is 2.49. The zero-order valence-corrected chi connectivity index (χ0v) is 14.8. The highest BCUT2D eigenvalue weighted by Gasteiger charge is 2.26. The van der Waals surface area contributed by atoms with Crippen LogP contribution in [0.1, 0.15) is 53.3 Å². The maximum atomic E-state index is 12.4. The number of ketones is 1. The molecule has 0 unspecified atom stereocenters. The SMILES string of the molecule is Cc1ccc(C(=O)CCC(=O)N2CCC(c3nncn3C)CC2)cc1. The van der Waals surface area contributed by atoms with Gasteiger partial charge in [-0.2, -0.15) is 0 Å². The molecular formula is C19H24N4O2. The minimum atomic E-state index is 0.0299. The molecule has 1 saturated heterocycles. The number of aromatic nitrogens is 3. The zero-order chi connectivity index (χ0) is 17.8. The van der Waals surface area contributed by atoms with Gasteiger partial charge in [0.15, 0.2) is 5.78 Å². The van der Waals surface area contributed by atoms with Crippen LogP contribution in [0, 0.1) is 6.92 Å². The number of hydrogen-bond acceptors (Lipinski definition) is 4. The lowest BCUT2D eigenvalue weighted by molar-refractivity contribution is -0.132. The quantitative estimate of drug-likeness (QED) is 0.784. The highest BCUT2D eigenvalue weighted by atomic mass is 16.2. The highest BCUT2D eigenvalue weighted by Crippen LogP contribution is 2.26. The molecule has 0 bridgehead atoms. The number of likely N-dealkylation sites (tertiary alicyclic amines) is 1. The third-order valence-electron chi connectivity index (χ3n) is 4.90. The van der Waals surface area contributed by atoms with Crippen LogP contribution in [0.2, 0.25) is 0 Å². The third-order valence-corrected chi connectivity index (χ3v) is 4.90. The summed E-state index contributed by atoms with van der Waals surface area (Å²) in [4.78, 5) is 26.5. The number of nitrogens with zero attached hydrogens (tertiary/aromatic N) is 4. The van der Waals surface area contributed by atoms with Crippen LogP contribution in [0.4, 0.5) is 0 Å². The van der Waals surface area contributed by atoms with Crippen molar-refractivity contribution in [2.75, 3.05) is 13.1 Å². The zero-order valence-electron chi connectivity index (χ0n) is 14.8. The maximum Gasteiger partial charge on any atom is 0.223 e. The molecule has 6 heteroatoms. The van der Waals surface area contributed by atoms with Gasteiger partial charge in [0.1, 0.15) is 12.2 Å². The molecule has 1 amide bonds. The maximum absolute atomic E-state index is 12.4. The Bertz CT molecular complexity index is 743. The van der Waals surface area contributed by atoms with Gasteiger partial charge >= 0.3 is 0 Å². The summed E-state index contributed by atoms with van der Waals surface area (Å²) < 4.78 is 1.95. The molecule has 132 valence electrons. The molecule has 0 N–H and O–H groups in total. The lowest BCUT2D eigenvalue weighted by atomic mass is 9.95. The van der Waals surface area contributed by atoms with Crippen molar-refractivity contribution in [2.45, 2.75) is 38.5 Å². The average molecular weight is 340 g/mol. The summed E-state index contributed by atoms with van der Waals surface area (Å²) in [5.41, 5.74) is 1.80. The van der Waals surface area contributed by atoms with E-state index in [2.05, 4.69) is 10.2 Å². The summed E-state index contributed by atoms with van der Waals surface area (Å²) in [5, 5.41) is 8.10. The Kier molecular flexibility index (Phi) is 5.26. The van der Waals surface area contributed by atoms with Crippen molar-refractivity contribution in [3.63, 3.8) is 0 Å². The van der Waals surface area contributed by atoms with Gasteiger partial charge in [-0.05, 0) is 19.8 Å². The molecule has 0 aliphatic carbocycles. The number of Topliss-reactive ketones (excluding diaryl/α,β-unsaturated/α-hetero) is 1. The van der Waals surface area contributed by atoms with Crippen LogP contribution in [0.25, 0.3) is 0 Å². The molecule has 0 saturated carbocycles. The van der Waals surface area contributed by atoms with Crippen molar-refractivity contribution in [3.8, 4) is 0 Å². The van der Waals surface area contributed by atoms with E-state index in [0.717, 1.165) is 37.3 Å². The van der Waals surface area contributed by atoms with E-state index in [-0.39, 0.29) is 24.5 Å². The fourth-order valence-electron chi connectivity index (χ4n) is 3.31. The largest absolute Gasteiger partial charge is 0.343 e. The minimum Gasteiger partial charge on any atom is -0.343 e. The number of rotatable bonds is 5. The Labute approximate surface area is 147 Å². The van der Waals surface area contributed by atoms with Crippen molar-refractivity contribution < 1.29 is 9.59 Å². The molecule has 0 radical (unpaired) electrons. The van der Waals surface area contributed by atoms with E-state index in [9.17, 15) is 9.59 Å². The Morgan fingerprint density at radius 1 is 1.12 bits per heavy atom. The first-order chi connectivity index (χ1) is 12.0. The van der Waals surface area contributed by atoms with Gasteiger partial charge in [0.25, 0.3) is 0 Å². The molecule has 0 atom stereocenters. The van der Waals surface area contributed by atoms with Gasteiger partial charge in [-0.15, -0.1) is 10.2 Å². The van der Waals surface area contributed by atoms with E-state index < -0.39 is 0 Å². The van der Waals surface area contributed by atoms with Gasteiger partial charge in [-0.3, -0.25) is 9.59 Å². The van der Waals surface area contributed by atoms with Crippen LogP contribution in [0.5, 0.6) is 0 Å². The fourth-order valence-corrected chi connectivity index (χ4v) is 3.31. The first-order valence-corrected chi connectivity index (χ1v) is 8.76. The van der Waals surface area contributed by atoms with Crippen LogP contribution in [-0.4, -0.2) is 44.4 Å². The number of benzene rings is 1. The van der Waals surface area contributed by atoms with Crippen molar-refractivity contribution in [1.29, 1.82) is 0 Å². The standard InChI is InChI=1S/C19H24N4O2/c1-14-3-5-15(6-4-14)17(24)7-8-18(25)23-11-9-16(10-12-23)19-21-20-13-22(19)2/h3-6,13,16H,7-12H2,1-2H3. The second-order valence-electron chi connectivity index (χ2n) is 6.74. The van der Waals surface area contributed by atoms with Crippen molar-refractivity contribution in [2.24, 2.45) is 7.05 Å². The number of aryl methyl sites for hydroxylation is 2. The molecule has 1 fully saturated rings. The van der Waals surface area contributed by atoms with E-state index in [0.29, 0.717) is 11.5 Å². The van der Waals surface area contributed by atoms with Gasteiger partial charge in [0, 0.05) is 44.5 Å². The number of hydrogen-bond donors (Lipinski definition) is 0. The van der Waals surface area contributed by atoms with Gasteiger partial charge in [0.2, 0.25) is 5.91 Å². The average Bonchev–Trinajstić information content (AvgIpc) is 3.06. The summed E-state index contributed by atoms with van der Waals surface area (Å²) >= 11 is 0. The minimum absolute atomic E-state index is 0.0299. The van der Waals surface area contributed by atoms with E-state index in [1.54, 1.807) is 6.33 Å². The first-order valence-electron chi connectivity index (χ1n) is 8.76. The molecule has 1 aliphatic heterocycles. The summed E-state index contributed by atoms with van der Waals surface area (Å²) in [6, 6.07) is 7.50. The lowest BCUT2D eigenvalue weighted by Crippen LogP contribution is -2.38. The second kappa shape index (κ2) is 7.59. The molecule has 1 aliphatic rings. The van der Waals surface area contributed by atoms with Crippen LogP contribution >= 0.6 is 0 Å². The summed E-state index contributed by atoms with van der Waals surface area (Å²) in [6.45, 7) is 3.42. The fraction of sp³-hybridized carbons (Fsp3) is 0.474. The molecular weight excluding hydrogens is 316 g/mol. The molecule has 1 aromatic heterocycles. The monoisotopic (exact) mass is 340 g/mol. The van der Waals surface area contributed by atoms with Crippen molar-refractivity contribution in [3.05, 3.63) is 47.5 Å². The summed E-state index contributed by atoms with van der Waals surface area (Å²) in [7, 11) is 1.95. The van der Waals surface area contributed by atoms with Crippen molar-refractivity contribution in [1.82, 2.24) is 19.7 Å². The molecule has 1 aromatic carbocycles. The number of amides is 1. The van der Waals surface area contributed by atoms with E-state index in [1.807, 2.05) is 47.7 Å². The lowest BCUT2D eigenvalue weighted by Gasteiger charge is -2.31. The topological polar surface area (TPSA) is 68.1 Å². The van der Waals surface area contributed by atoms with Crippen molar-refractivity contribution >= 4 is 11.7 Å². The molecule has 6 nitrogen and oxygen atoms in total. The Morgan fingerprint density at radius 2 is 1.80 bits per heavy atom. The molecule has 25 heavy (non-hydrogen) atoms. The van der Waals surface area contributed by atoms with Crippen LogP contribution < -0.4 is 0 Å². The Balaban J connectivity index is 1.47. The second-order valence-corrected chi connectivity index (χ2v) is 6.74. The van der Waals surface area contributed by atoms with Crippen LogP contribution in [0.3, 0.4) is 0 Å². The molecule has 2 aromatic rings. The van der Waals surface area contributed by atoms with Crippen LogP contribution in [0.15, 0.2) is 30.6 Å². The molecule has 3 rings (SSSR count). The van der Waals surface area contributed by atoms with Gasteiger partial charge in [0.05, 0.1) is 0 Å². The molecule has 2 heterocycles. The van der Waals surface area contributed by atoms with Gasteiger partial charge in [-0.1, -0.05) is 29.8 Å².